The third kappa shape index (κ3) is 5.64. The third-order valence-electron chi connectivity index (χ3n) is 3.83. The average Bonchev–Trinajstić information content (AvgIpc) is 2.61. The number of benzene rings is 2. The Morgan fingerprint density at radius 2 is 1.64 bits per heavy atom. The second-order valence-corrected chi connectivity index (χ2v) is 6.16. The summed E-state index contributed by atoms with van der Waals surface area (Å²) in [5.74, 6) is 0.755. The highest BCUT2D eigenvalue weighted by atomic mass is 16.2. The Morgan fingerprint density at radius 1 is 1.00 bits per heavy atom. The summed E-state index contributed by atoms with van der Waals surface area (Å²) in [4.78, 5) is 17.7. The molecule has 0 aliphatic rings. The second-order valence-electron chi connectivity index (χ2n) is 6.16. The molecule has 1 amide bonds. The van der Waals surface area contributed by atoms with Crippen molar-refractivity contribution >= 4 is 11.9 Å². The SMILES string of the molecule is CN=C(NCc1ccc(C(=O)N(C)C)cc1)NCc1cccc(C)c1. The van der Waals surface area contributed by atoms with Crippen LogP contribution in [-0.4, -0.2) is 37.9 Å². The molecule has 0 spiro atoms. The summed E-state index contributed by atoms with van der Waals surface area (Å²) in [6.45, 7) is 3.45. The van der Waals surface area contributed by atoms with Crippen LogP contribution in [0.4, 0.5) is 0 Å². The lowest BCUT2D eigenvalue weighted by Gasteiger charge is -2.13. The Kier molecular flexibility index (Phi) is 6.57. The standard InChI is InChI=1S/C20H26N4O/c1-15-6-5-7-17(12-15)14-23-20(21-2)22-13-16-8-10-18(11-9-16)19(25)24(3)4/h5-12H,13-14H2,1-4H3,(H2,21,22,23). The Balaban J connectivity index is 1.87. The van der Waals surface area contributed by atoms with E-state index in [9.17, 15) is 4.79 Å². The monoisotopic (exact) mass is 338 g/mol. The van der Waals surface area contributed by atoms with Gasteiger partial charge in [0, 0.05) is 39.8 Å². The van der Waals surface area contributed by atoms with Crippen molar-refractivity contribution in [2.45, 2.75) is 20.0 Å². The number of carbonyl (C=O) groups is 1. The summed E-state index contributed by atoms with van der Waals surface area (Å²) in [6.07, 6.45) is 0. The van der Waals surface area contributed by atoms with Crippen LogP contribution in [0.5, 0.6) is 0 Å². The van der Waals surface area contributed by atoms with E-state index in [4.69, 9.17) is 0 Å². The lowest BCUT2D eigenvalue weighted by atomic mass is 10.1. The molecular weight excluding hydrogens is 312 g/mol. The molecule has 0 radical (unpaired) electrons. The molecule has 132 valence electrons. The van der Waals surface area contributed by atoms with Crippen molar-refractivity contribution in [3.8, 4) is 0 Å². The van der Waals surface area contributed by atoms with Gasteiger partial charge in [0.1, 0.15) is 0 Å². The minimum absolute atomic E-state index is 0.00939. The fourth-order valence-electron chi connectivity index (χ4n) is 2.44. The molecule has 0 atom stereocenters. The van der Waals surface area contributed by atoms with Crippen molar-refractivity contribution in [1.82, 2.24) is 15.5 Å². The first kappa shape index (κ1) is 18.5. The molecule has 0 saturated heterocycles. The van der Waals surface area contributed by atoms with E-state index in [0.29, 0.717) is 12.1 Å². The van der Waals surface area contributed by atoms with E-state index in [-0.39, 0.29) is 5.91 Å². The zero-order valence-electron chi connectivity index (χ0n) is 15.3. The van der Waals surface area contributed by atoms with Gasteiger partial charge in [-0.3, -0.25) is 9.79 Å². The normalized spacial score (nSPS) is 11.1. The molecule has 0 aliphatic carbocycles. The molecule has 2 aromatic rings. The summed E-state index contributed by atoms with van der Waals surface area (Å²) < 4.78 is 0. The summed E-state index contributed by atoms with van der Waals surface area (Å²) in [5.41, 5.74) is 4.24. The molecule has 5 heteroatoms. The predicted octanol–water partition coefficient (Wildman–Crippen LogP) is 2.56. The van der Waals surface area contributed by atoms with Gasteiger partial charge in [0.05, 0.1) is 0 Å². The Hall–Kier alpha value is -2.82. The van der Waals surface area contributed by atoms with Crippen LogP contribution in [0, 0.1) is 6.92 Å². The van der Waals surface area contributed by atoms with Crippen LogP contribution in [0.1, 0.15) is 27.0 Å². The third-order valence-corrected chi connectivity index (χ3v) is 3.83. The number of aryl methyl sites for hydroxylation is 1. The molecule has 0 fully saturated rings. The van der Waals surface area contributed by atoms with Crippen LogP contribution in [-0.2, 0) is 13.1 Å². The van der Waals surface area contributed by atoms with Crippen LogP contribution >= 0.6 is 0 Å². The highest BCUT2D eigenvalue weighted by Gasteiger charge is 2.07. The Morgan fingerprint density at radius 3 is 2.20 bits per heavy atom. The largest absolute Gasteiger partial charge is 0.352 e. The zero-order chi connectivity index (χ0) is 18.2. The van der Waals surface area contributed by atoms with Crippen molar-refractivity contribution in [2.75, 3.05) is 21.1 Å². The number of hydrogen-bond acceptors (Lipinski definition) is 2. The number of hydrogen-bond donors (Lipinski definition) is 2. The molecule has 2 rings (SSSR count). The highest BCUT2D eigenvalue weighted by molar-refractivity contribution is 5.93. The van der Waals surface area contributed by atoms with Gasteiger partial charge in [-0.05, 0) is 30.2 Å². The maximum absolute atomic E-state index is 11.9. The van der Waals surface area contributed by atoms with Crippen molar-refractivity contribution < 1.29 is 4.79 Å². The van der Waals surface area contributed by atoms with Gasteiger partial charge in [0.2, 0.25) is 0 Å². The van der Waals surface area contributed by atoms with Gasteiger partial charge in [0.25, 0.3) is 5.91 Å². The molecule has 0 bridgehead atoms. The van der Waals surface area contributed by atoms with Crippen molar-refractivity contribution in [3.05, 3.63) is 70.8 Å². The fourth-order valence-corrected chi connectivity index (χ4v) is 2.44. The topological polar surface area (TPSA) is 56.7 Å². The maximum atomic E-state index is 11.9. The first-order chi connectivity index (χ1) is 12.0. The van der Waals surface area contributed by atoms with Gasteiger partial charge in [-0.1, -0.05) is 42.0 Å². The van der Waals surface area contributed by atoms with E-state index >= 15 is 0 Å². The number of aliphatic imine (C=N–C) groups is 1. The molecule has 25 heavy (non-hydrogen) atoms. The minimum atomic E-state index is 0.00939. The lowest BCUT2D eigenvalue weighted by Crippen LogP contribution is -2.36. The highest BCUT2D eigenvalue weighted by Crippen LogP contribution is 2.06. The van der Waals surface area contributed by atoms with E-state index in [1.165, 1.54) is 11.1 Å². The Labute approximate surface area is 149 Å². The van der Waals surface area contributed by atoms with E-state index in [1.54, 1.807) is 26.0 Å². The molecule has 5 nitrogen and oxygen atoms in total. The number of guanidine groups is 1. The van der Waals surface area contributed by atoms with E-state index < -0.39 is 0 Å². The molecule has 0 aromatic heterocycles. The number of nitrogens with zero attached hydrogens (tertiary/aromatic N) is 2. The van der Waals surface area contributed by atoms with E-state index in [2.05, 4.69) is 46.8 Å². The molecule has 0 unspecified atom stereocenters. The smallest absolute Gasteiger partial charge is 0.253 e. The summed E-state index contributed by atoms with van der Waals surface area (Å²) in [7, 11) is 5.26. The Bertz CT molecular complexity index is 736. The van der Waals surface area contributed by atoms with E-state index in [1.807, 2.05) is 24.3 Å². The molecule has 0 aliphatic heterocycles. The quantitative estimate of drug-likeness (QED) is 0.651. The second kappa shape index (κ2) is 8.87. The van der Waals surface area contributed by atoms with E-state index in [0.717, 1.165) is 18.1 Å². The van der Waals surface area contributed by atoms with Crippen molar-refractivity contribution in [2.24, 2.45) is 4.99 Å². The summed E-state index contributed by atoms with van der Waals surface area (Å²) in [6, 6.07) is 16.0. The van der Waals surface area contributed by atoms with Crippen LogP contribution in [0.15, 0.2) is 53.5 Å². The van der Waals surface area contributed by atoms with Gasteiger partial charge < -0.3 is 15.5 Å². The summed E-state index contributed by atoms with van der Waals surface area (Å²) in [5, 5.41) is 6.59. The van der Waals surface area contributed by atoms with Gasteiger partial charge in [-0.2, -0.15) is 0 Å². The average molecular weight is 338 g/mol. The van der Waals surface area contributed by atoms with Crippen LogP contribution in [0.3, 0.4) is 0 Å². The number of carbonyl (C=O) groups excluding carboxylic acids is 1. The number of amides is 1. The molecule has 0 saturated carbocycles. The van der Waals surface area contributed by atoms with Gasteiger partial charge in [-0.25, -0.2) is 0 Å². The van der Waals surface area contributed by atoms with Crippen LogP contribution < -0.4 is 10.6 Å². The lowest BCUT2D eigenvalue weighted by molar-refractivity contribution is 0.0827. The van der Waals surface area contributed by atoms with Gasteiger partial charge in [0.15, 0.2) is 5.96 Å². The van der Waals surface area contributed by atoms with Crippen molar-refractivity contribution in [1.29, 1.82) is 0 Å². The number of rotatable bonds is 5. The minimum Gasteiger partial charge on any atom is -0.352 e. The first-order valence-electron chi connectivity index (χ1n) is 8.30. The molecule has 0 heterocycles. The summed E-state index contributed by atoms with van der Waals surface area (Å²) >= 11 is 0. The number of nitrogens with one attached hydrogen (secondary N) is 2. The van der Waals surface area contributed by atoms with Crippen LogP contribution in [0.25, 0.3) is 0 Å². The molecule has 2 N–H and O–H groups in total. The predicted molar refractivity (Wildman–Crippen MR) is 103 cm³/mol. The molecule has 2 aromatic carbocycles. The van der Waals surface area contributed by atoms with Gasteiger partial charge in [-0.15, -0.1) is 0 Å². The molecular formula is C20H26N4O. The fraction of sp³-hybridized carbons (Fsp3) is 0.300. The zero-order valence-corrected chi connectivity index (χ0v) is 15.3. The van der Waals surface area contributed by atoms with Crippen molar-refractivity contribution in [3.63, 3.8) is 0 Å². The first-order valence-corrected chi connectivity index (χ1v) is 8.30. The maximum Gasteiger partial charge on any atom is 0.253 e. The van der Waals surface area contributed by atoms with Crippen LogP contribution in [0.2, 0.25) is 0 Å². The van der Waals surface area contributed by atoms with Gasteiger partial charge >= 0.3 is 0 Å².